The summed E-state index contributed by atoms with van der Waals surface area (Å²) in [6.45, 7) is -0.203. The fraction of sp³-hybridized carbons (Fsp3) is 0.312. The van der Waals surface area contributed by atoms with E-state index in [2.05, 4.69) is 10.1 Å². The van der Waals surface area contributed by atoms with Crippen molar-refractivity contribution < 1.29 is 23.9 Å². The Morgan fingerprint density at radius 2 is 2.08 bits per heavy atom. The van der Waals surface area contributed by atoms with Gasteiger partial charge < -0.3 is 14.8 Å². The maximum atomic E-state index is 12.3. The van der Waals surface area contributed by atoms with Crippen LogP contribution in [0.15, 0.2) is 41.1 Å². The summed E-state index contributed by atoms with van der Waals surface area (Å²) in [4.78, 5) is 37.5. The van der Waals surface area contributed by atoms with Gasteiger partial charge in [-0.2, -0.15) is 0 Å². The number of methoxy groups -OCH3 is 1. The number of nitrogens with zero attached hydrogens (tertiary/aromatic N) is 1. The van der Waals surface area contributed by atoms with E-state index >= 15 is 0 Å². The lowest BCUT2D eigenvalue weighted by Crippen LogP contribution is -2.70. The average Bonchev–Trinajstić information content (AvgIpc) is 2.64. The Morgan fingerprint density at radius 1 is 1.36 bits per heavy atom. The molecule has 0 saturated carbocycles. The van der Waals surface area contributed by atoms with Crippen LogP contribution in [0.1, 0.15) is 0 Å². The third-order valence-electron chi connectivity index (χ3n) is 3.73. The zero-order valence-corrected chi connectivity index (χ0v) is 14.8. The average molecular weight is 383 g/mol. The van der Waals surface area contributed by atoms with Crippen LogP contribution in [0.4, 0.5) is 0 Å². The summed E-state index contributed by atoms with van der Waals surface area (Å²) >= 11 is 7.42. The predicted octanol–water partition coefficient (Wildman–Crippen LogP) is 1.09. The van der Waals surface area contributed by atoms with Crippen molar-refractivity contribution in [3.8, 4) is 5.75 Å². The summed E-state index contributed by atoms with van der Waals surface area (Å²) in [5.74, 6) is -0.547. The molecular weight excluding hydrogens is 368 g/mol. The van der Waals surface area contributed by atoms with Crippen molar-refractivity contribution in [2.75, 3.05) is 19.5 Å². The van der Waals surface area contributed by atoms with E-state index in [1.807, 2.05) is 6.07 Å². The van der Waals surface area contributed by atoms with Crippen LogP contribution < -0.4 is 10.1 Å². The molecule has 1 saturated heterocycles. The maximum absolute atomic E-state index is 12.3. The SMILES string of the molecule is COC(=O)C1=C(Cl)CSC2C(NC(=O)COc3ccccc3)C(=O)N12. The van der Waals surface area contributed by atoms with Crippen LogP contribution in [0.25, 0.3) is 0 Å². The van der Waals surface area contributed by atoms with Gasteiger partial charge in [0.15, 0.2) is 6.61 Å². The van der Waals surface area contributed by atoms with E-state index < -0.39 is 23.8 Å². The molecule has 0 aliphatic carbocycles. The molecule has 2 aliphatic heterocycles. The summed E-state index contributed by atoms with van der Waals surface area (Å²) in [6.07, 6.45) is 0. The van der Waals surface area contributed by atoms with Gasteiger partial charge in [-0.05, 0) is 12.1 Å². The largest absolute Gasteiger partial charge is 0.484 e. The Balaban J connectivity index is 1.60. The van der Waals surface area contributed by atoms with Gasteiger partial charge in [-0.15, -0.1) is 11.8 Å². The van der Waals surface area contributed by atoms with Crippen molar-refractivity contribution in [1.82, 2.24) is 10.2 Å². The Kier molecular flexibility index (Phi) is 5.19. The van der Waals surface area contributed by atoms with Crippen molar-refractivity contribution in [2.45, 2.75) is 11.4 Å². The first kappa shape index (κ1) is 17.6. The molecule has 2 amide bonds. The molecule has 1 aromatic rings. The summed E-state index contributed by atoms with van der Waals surface area (Å²) in [7, 11) is 1.22. The van der Waals surface area contributed by atoms with Crippen LogP contribution in [0.5, 0.6) is 5.75 Å². The maximum Gasteiger partial charge on any atom is 0.356 e. The second-order valence-electron chi connectivity index (χ2n) is 5.30. The Hall–Kier alpha value is -2.19. The molecule has 0 bridgehead atoms. The van der Waals surface area contributed by atoms with Gasteiger partial charge in [0.1, 0.15) is 22.9 Å². The molecule has 2 atom stereocenters. The van der Waals surface area contributed by atoms with E-state index in [1.165, 1.54) is 23.8 Å². The van der Waals surface area contributed by atoms with E-state index in [-0.39, 0.29) is 22.7 Å². The molecule has 132 valence electrons. The molecule has 0 spiro atoms. The van der Waals surface area contributed by atoms with Crippen LogP contribution >= 0.6 is 23.4 Å². The number of thioether (sulfide) groups is 1. The smallest absolute Gasteiger partial charge is 0.356 e. The summed E-state index contributed by atoms with van der Waals surface area (Å²) in [5, 5.41) is 2.51. The van der Waals surface area contributed by atoms with E-state index in [9.17, 15) is 14.4 Å². The van der Waals surface area contributed by atoms with E-state index in [0.29, 0.717) is 11.5 Å². The molecule has 1 N–H and O–H groups in total. The normalized spacial score (nSPS) is 22.0. The zero-order chi connectivity index (χ0) is 18.0. The number of halogens is 1. The number of amides is 2. The van der Waals surface area contributed by atoms with Crippen molar-refractivity contribution in [2.24, 2.45) is 0 Å². The first-order chi connectivity index (χ1) is 12.0. The van der Waals surface area contributed by atoms with Gasteiger partial charge in [0.2, 0.25) is 0 Å². The number of para-hydroxylation sites is 1. The van der Waals surface area contributed by atoms with Gasteiger partial charge in [-0.1, -0.05) is 29.8 Å². The molecule has 3 rings (SSSR count). The number of benzene rings is 1. The summed E-state index contributed by atoms with van der Waals surface area (Å²) in [6, 6.07) is 8.17. The first-order valence-corrected chi connectivity index (χ1v) is 8.84. The number of hydrogen-bond donors (Lipinski definition) is 1. The lowest BCUT2D eigenvalue weighted by molar-refractivity contribution is -0.151. The van der Waals surface area contributed by atoms with Gasteiger partial charge >= 0.3 is 5.97 Å². The van der Waals surface area contributed by atoms with Gasteiger partial charge in [0.25, 0.3) is 11.8 Å². The molecule has 2 unspecified atom stereocenters. The van der Waals surface area contributed by atoms with Crippen molar-refractivity contribution in [3.05, 3.63) is 41.1 Å². The van der Waals surface area contributed by atoms with Crippen LogP contribution in [0.3, 0.4) is 0 Å². The third-order valence-corrected chi connectivity index (χ3v) is 5.48. The Bertz CT molecular complexity index is 739. The number of β-lactam (4-membered cyclic amide) rings is 1. The Labute approximate surface area is 153 Å². The van der Waals surface area contributed by atoms with Crippen molar-refractivity contribution in [3.63, 3.8) is 0 Å². The monoisotopic (exact) mass is 382 g/mol. The lowest BCUT2D eigenvalue weighted by atomic mass is 10.1. The summed E-state index contributed by atoms with van der Waals surface area (Å²) in [5.41, 5.74) is 0.0453. The molecule has 7 nitrogen and oxygen atoms in total. The molecular formula is C16H15ClN2O5S. The minimum atomic E-state index is -0.721. The van der Waals surface area contributed by atoms with Crippen molar-refractivity contribution >= 4 is 41.1 Å². The third kappa shape index (κ3) is 3.45. The highest BCUT2D eigenvalue weighted by molar-refractivity contribution is 8.00. The zero-order valence-electron chi connectivity index (χ0n) is 13.2. The van der Waals surface area contributed by atoms with Gasteiger partial charge in [-0.3, -0.25) is 14.5 Å². The van der Waals surface area contributed by atoms with E-state index in [0.717, 1.165) is 0 Å². The van der Waals surface area contributed by atoms with Gasteiger partial charge in [0.05, 0.1) is 12.1 Å². The van der Waals surface area contributed by atoms with Crippen LogP contribution in [-0.4, -0.2) is 53.6 Å². The number of carbonyl (C=O) groups is 3. The molecule has 2 heterocycles. The topological polar surface area (TPSA) is 84.9 Å². The molecule has 0 aromatic heterocycles. The molecule has 1 aromatic carbocycles. The Morgan fingerprint density at radius 3 is 2.76 bits per heavy atom. The highest BCUT2D eigenvalue weighted by atomic mass is 35.5. The van der Waals surface area contributed by atoms with Crippen LogP contribution in [0, 0.1) is 0 Å². The number of hydrogen-bond acceptors (Lipinski definition) is 6. The van der Waals surface area contributed by atoms with Crippen LogP contribution in [-0.2, 0) is 19.1 Å². The predicted molar refractivity (Wildman–Crippen MR) is 91.9 cm³/mol. The molecule has 1 fully saturated rings. The van der Waals surface area contributed by atoms with Gasteiger partial charge in [0, 0.05) is 5.75 Å². The number of esters is 1. The highest BCUT2D eigenvalue weighted by Gasteiger charge is 2.54. The minimum Gasteiger partial charge on any atom is -0.484 e. The number of fused-ring (bicyclic) bond motifs is 1. The fourth-order valence-corrected chi connectivity index (χ4v) is 4.10. The standard InChI is InChI=1S/C16H15ClN2O5S/c1-23-16(22)13-10(17)8-25-15-12(14(21)19(13)15)18-11(20)7-24-9-5-3-2-4-6-9/h2-6,12,15H,7-8H2,1H3,(H,18,20). The van der Waals surface area contributed by atoms with Crippen LogP contribution in [0.2, 0.25) is 0 Å². The molecule has 0 radical (unpaired) electrons. The molecule has 9 heteroatoms. The minimum absolute atomic E-state index is 0.0453. The second kappa shape index (κ2) is 7.37. The molecule has 25 heavy (non-hydrogen) atoms. The van der Waals surface area contributed by atoms with Gasteiger partial charge in [-0.25, -0.2) is 4.79 Å². The van der Waals surface area contributed by atoms with E-state index in [1.54, 1.807) is 24.3 Å². The molecule has 2 aliphatic rings. The summed E-state index contributed by atoms with van der Waals surface area (Å²) < 4.78 is 10.0. The number of nitrogens with one attached hydrogen (secondary N) is 1. The van der Waals surface area contributed by atoms with Crippen molar-refractivity contribution in [1.29, 1.82) is 0 Å². The highest BCUT2D eigenvalue weighted by Crippen LogP contribution is 2.41. The number of rotatable bonds is 5. The lowest BCUT2D eigenvalue weighted by Gasteiger charge is -2.48. The first-order valence-electron chi connectivity index (χ1n) is 7.41. The number of ether oxygens (including phenoxy) is 2. The quantitative estimate of drug-likeness (QED) is 0.606. The number of carbonyl (C=O) groups excluding carboxylic acids is 3. The second-order valence-corrected chi connectivity index (χ2v) is 6.86. The van der Waals surface area contributed by atoms with E-state index in [4.69, 9.17) is 16.3 Å². The fourth-order valence-electron chi connectivity index (χ4n) is 2.55.